The van der Waals surface area contributed by atoms with Gasteiger partial charge in [-0.05, 0) is 42.8 Å². The molecule has 0 aliphatic rings. The molecule has 2 aromatic rings. The summed E-state index contributed by atoms with van der Waals surface area (Å²) in [7, 11) is 0. The average molecular weight is 277 g/mol. The van der Waals surface area contributed by atoms with E-state index in [-0.39, 0.29) is 0 Å². The predicted octanol–water partition coefficient (Wildman–Crippen LogP) is 3.84. The van der Waals surface area contributed by atoms with Crippen LogP contribution >= 0.6 is 11.6 Å². The quantitative estimate of drug-likeness (QED) is 0.819. The van der Waals surface area contributed by atoms with Gasteiger partial charge in [0.1, 0.15) is 5.75 Å². The number of halogens is 1. The van der Waals surface area contributed by atoms with Gasteiger partial charge in [-0.1, -0.05) is 17.7 Å². The van der Waals surface area contributed by atoms with Gasteiger partial charge in [-0.25, -0.2) is 4.79 Å². The molecule has 0 aromatic heterocycles. The number of nitrogens with one attached hydrogen (secondary N) is 1. The van der Waals surface area contributed by atoms with Gasteiger partial charge < -0.3 is 10.5 Å². The van der Waals surface area contributed by atoms with E-state index in [0.717, 1.165) is 5.56 Å². The number of nitrogen functional groups attached to an aromatic ring is 1. The second-order valence-corrected chi connectivity index (χ2v) is 4.48. The molecule has 4 nitrogen and oxygen atoms in total. The van der Waals surface area contributed by atoms with Crippen molar-refractivity contribution >= 4 is 29.1 Å². The number of hydrogen-bond donors (Lipinski definition) is 2. The molecule has 0 aliphatic carbocycles. The molecule has 0 radical (unpaired) electrons. The van der Waals surface area contributed by atoms with Crippen LogP contribution in [0.15, 0.2) is 42.5 Å². The van der Waals surface area contributed by atoms with Gasteiger partial charge in [-0.2, -0.15) is 0 Å². The first kappa shape index (κ1) is 13.2. The summed E-state index contributed by atoms with van der Waals surface area (Å²) < 4.78 is 5.12. The third kappa shape index (κ3) is 3.63. The highest BCUT2D eigenvalue weighted by Gasteiger charge is 2.06. The molecule has 0 heterocycles. The monoisotopic (exact) mass is 276 g/mol. The van der Waals surface area contributed by atoms with Crippen LogP contribution in [0.25, 0.3) is 0 Å². The summed E-state index contributed by atoms with van der Waals surface area (Å²) in [5, 5.41) is 3.19. The summed E-state index contributed by atoms with van der Waals surface area (Å²) in [4.78, 5) is 11.7. The van der Waals surface area contributed by atoms with Gasteiger partial charge in [-0.3, -0.25) is 5.32 Å². The first-order valence-corrected chi connectivity index (χ1v) is 6.03. The Morgan fingerprint density at radius 3 is 2.53 bits per heavy atom. The number of ether oxygens (including phenoxy) is 1. The number of nitrogens with two attached hydrogens (primary N) is 1. The Bertz CT molecular complexity index is 597. The molecule has 0 atom stereocenters. The SMILES string of the molecule is Cc1ccc(OC(=O)Nc2ccc(Cl)cc2)cc1N. The topological polar surface area (TPSA) is 64.3 Å². The largest absolute Gasteiger partial charge is 0.417 e. The molecular weight excluding hydrogens is 264 g/mol. The lowest BCUT2D eigenvalue weighted by atomic mass is 10.2. The molecule has 0 unspecified atom stereocenters. The zero-order valence-corrected chi connectivity index (χ0v) is 11.1. The molecule has 0 saturated heterocycles. The Morgan fingerprint density at radius 2 is 1.89 bits per heavy atom. The molecule has 2 aromatic carbocycles. The average Bonchev–Trinajstić information content (AvgIpc) is 2.37. The fourth-order valence-electron chi connectivity index (χ4n) is 1.47. The number of amides is 1. The molecule has 0 spiro atoms. The summed E-state index contributed by atoms with van der Waals surface area (Å²) in [6.07, 6.45) is -0.578. The lowest BCUT2D eigenvalue weighted by molar-refractivity contribution is 0.215. The molecule has 0 fully saturated rings. The Hall–Kier alpha value is -2.20. The summed E-state index contributed by atoms with van der Waals surface area (Å²) in [6.45, 7) is 1.88. The van der Waals surface area contributed by atoms with Crippen LogP contribution in [0.4, 0.5) is 16.2 Å². The van der Waals surface area contributed by atoms with Crippen molar-refractivity contribution < 1.29 is 9.53 Å². The van der Waals surface area contributed by atoms with Crippen LogP contribution in [-0.2, 0) is 0 Å². The van der Waals surface area contributed by atoms with Crippen LogP contribution < -0.4 is 15.8 Å². The van der Waals surface area contributed by atoms with Gasteiger partial charge in [0.05, 0.1) is 0 Å². The van der Waals surface area contributed by atoms with Crippen molar-refractivity contribution in [3.63, 3.8) is 0 Å². The summed E-state index contributed by atoms with van der Waals surface area (Å²) in [5.74, 6) is 0.398. The van der Waals surface area contributed by atoms with Gasteiger partial charge in [-0.15, -0.1) is 0 Å². The van der Waals surface area contributed by atoms with Crippen LogP contribution in [0.5, 0.6) is 5.75 Å². The maximum Gasteiger partial charge on any atom is 0.417 e. The number of benzene rings is 2. The first-order valence-electron chi connectivity index (χ1n) is 5.65. The van der Waals surface area contributed by atoms with E-state index in [9.17, 15) is 4.79 Å². The van der Waals surface area contributed by atoms with Crippen molar-refractivity contribution in [1.82, 2.24) is 0 Å². The fourth-order valence-corrected chi connectivity index (χ4v) is 1.59. The van der Waals surface area contributed by atoms with E-state index in [1.54, 1.807) is 42.5 Å². The molecule has 0 saturated carbocycles. The maximum atomic E-state index is 11.7. The minimum atomic E-state index is -0.578. The third-order valence-corrected chi connectivity index (χ3v) is 2.80. The van der Waals surface area contributed by atoms with Crippen molar-refractivity contribution in [2.45, 2.75) is 6.92 Å². The van der Waals surface area contributed by atoms with Crippen molar-refractivity contribution in [3.8, 4) is 5.75 Å². The molecular formula is C14H13ClN2O2. The zero-order chi connectivity index (χ0) is 13.8. The standard InChI is InChI=1S/C14H13ClN2O2/c1-9-2-7-12(8-13(9)16)19-14(18)17-11-5-3-10(15)4-6-11/h2-8H,16H2,1H3,(H,17,18). The van der Waals surface area contributed by atoms with E-state index in [1.807, 2.05) is 6.92 Å². The number of carbonyl (C=O) groups is 1. The van der Waals surface area contributed by atoms with Gasteiger partial charge in [0.15, 0.2) is 0 Å². The van der Waals surface area contributed by atoms with Gasteiger partial charge in [0.2, 0.25) is 0 Å². The van der Waals surface area contributed by atoms with Crippen molar-refractivity contribution in [2.75, 3.05) is 11.1 Å². The van der Waals surface area contributed by atoms with Crippen LogP contribution in [0, 0.1) is 6.92 Å². The third-order valence-electron chi connectivity index (χ3n) is 2.55. The lowest BCUT2D eigenvalue weighted by Crippen LogP contribution is -2.16. The number of carbonyl (C=O) groups excluding carboxylic acids is 1. The normalized spacial score (nSPS) is 10.0. The summed E-state index contributed by atoms with van der Waals surface area (Å²) in [6, 6.07) is 11.8. The maximum absolute atomic E-state index is 11.7. The number of rotatable bonds is 2. The first-order chi connectivity index (χ1) is 9.04. The van der Waals surface area contributed by atoms with Gasteiger partial charge in [0.25, 0.3) is 0 Å². The smallest absolute Gasteiger partial charge is 0.410 e. The molecule has 3 N–H and O–H groups in total. The van der Waals surface area contributed by atoms with Crippen LogP contribution in [0.3, 0.4) is 0 Å². The second kappa shape index (κ2) is 5.63. The fraction of sp³-hybridized carbons (Fsp3) is 0.0714. The van der Waals surface area contributed by atoms with E-state index < -0.39 is 6.09 Å². The minimum Gasteiger partial charge on any atom is -0.410 e. The number of aryl methyl sites for hydroxylation is 1. The molecule has 5 heteroatoms. The minimum absolute atomic E-state index is 0.398. The Balaban J connectivity index is 2.01. The molecule has 19 heavy (non-hydrogen) atoms. The van der Waals surface area contributed by atoms with Crippen LogP contribution in [0.2, 0.25) is 5.02 Å². The van der Waals surface area contributed by atoms with E-state index >= 15 is 0 Å². The van der Waals surface area contributed by atoms with Gasteiger partial charge >= 0.3 is 6.09 Å². The van der Waals surface area contributed by atoms with Crippen molar-refractivity contribution in [1.29, 1.82) is 0 Å². The molecule has 98 valence electrons. The van der Waals surface area contributed by atoms with Crippen LogP contribution in [0.1, 0.15) is 5.56 Å². The van der Waals surface area contributed by atoms with Crippen molar-refractivity contribution in [3.05, 3.63) is 53.1 Å². The zero-order valence-electron chi connectivity index (χ0n) is 10.3. The molecule has 0 bridgehead atoms. The second-order valence-electron chi connectivity index (χ2n) is 4.04. The van der Waals surface area contributed by atoms with E-state index in [4.69, 9.17) is 22.1 Å². The highest BCUT2D eigenvalue weighted by atomic mass is 35.5. The molecule has 2 rings (SSSR count). The van der Waals surface area contributed by atoms with E-state index in [2.05, 4.69) is 5.32 Å². The Morgan fingerprint density at radius 1 is 1.21 bits per heavy atom. The van der Waals surface area contributed by atoms with Crippen molar-refractivity contribution in [2.24, 2.45) is 0 Å². The summed E-state index contributed by atoms with van der Waals surface area (Å²) in [5.41, 5.74) is 7.86. The van der Waals surface area contributed by atoms with Crippen LogP contribution in [-0.4, -0.2) is 6.09 Å². The predicted molar refractivity (Wildman–Crippen MR) is 76.7 cm³/mol. The highest BCUT2D eigenvalue weighted by molar-refractivity contribution is 6.30. The highest BCUT2D eigenvalue weighted by Crippen LogP contribution is 2.20. The van der Waals surface area contributed by atoms with Gasteiger partial charge in [0, 0.05) is 22.5 Å². The number of anilines is 2. The Kier molecular flexibility index (Phi) is 3.92. The Labute approximate surface area is 116 Å². The van der Waals surface area contributed by atoms with E-state index in [1.165, 1.54) is 0 Å². The molecule has 1 amide bonds. The summed E-state index contributed by atoms with van der Waals surface area (Å²) >= 11 is 5.75. The number of hydrogen-bond acceptors (Lipinski definition) is 3. The molecule has 0 aliphatic heterocycles. The van der Waals surface area contributed by atoms with E-state index in [0.29, 0.717) is 22.1 Å². The lowest BCUT2D eigenvalue weighted by Gasteiger charge is -2.08.